The summed E-state index contributed by atoms with van der Waals surface area (Å²) in [4.78, 5) is 7.49. The normalized spacial score (nSPS) is 21.7. The van der Waals surface area contributed by atoms with Crippen molar-refractivity contribution in [3.05, 3.63) is 18.6 Å². The van der Waals surface area contributed by atoms with Gasteiger partial charge >= 0.3 is 0 Å². The van der Waals surface area contributed by atoms with Crippen LogP contribution in [0.2, 0.25) is 0 Å². The van der Waals surface area contributed by atoms with Gasteiger partial charge < -0.3 is 5.32 Å². The minimum atomic E-state index is -3.51. The Bertz CT molecular complexity index is 414. The lowest BCUT2D eigenvalue weighted by Crippen LogP contribution is -2.36. The molecule has 15 heavy (non-hydrogen) atoms. The fourth-order valence-electron chi connectivity index (χ4n) is 1.46. The van der Waals surface area contributed by atoms with Crippen LogP contribution in [0.3, 0.4) is 0 Å². The van der Waals surface area contributed by atoms with Crippen LogP contribution in [-0.2, 0) is 10.0 Å². The molecule has 82 valence electrons. The first-order chi connectivity index (χ1) is 7.18. The van der Waals surface area contributed by atoms with Gasteiger partial charge in [0.25, 0.3) is 10.0 Å². The van der Waals surface area contributed by atoms with Crippen LogP contribution in [0.25, 0.3) is 0 Å². The number of aromatic nitrogens is 2. The second kappa shape index (κ2) is 4.21. The fourth-order valence-corrected chi connectivity index (χ4v) is 2.62. The summed E-state index contributed by atoms with van der Waals surface area (Å²) in [6.07, 6.45) is 4.85. The van der Waals surface area contributed by atoms with E-state index in [0.717, 1.165) is 13.0 Å². The third kappa shape index (κ3) is 2.49. The number of nitrogens with zero attached hydrogens (tertiary/aromatic N) is 2. The Hall–Kier alpha value is -1.05. The summed E-state index contributed by atoms with van der Waals surface area (Å²) in [5.74, 6) is 0. The summed E-state index contributed by atoms with van der Waals surface area (Å²) in [5.41, 5.74) is 0. The van der Waals surface area contributed by atoms with Crippen LogP contribution in [0, 0.1) is 0 Å². The second-order valence-electron chi connectivity index (χ2n) is 3.35. The van der Waals surface area contributed by atoms with Crippen LogP contribution < -0.4 is 10.0 Å². The first-order valence-corrected chi connectivity index (χ1v) is 6.16. The van der Waals surface area contributed by atoms with Crippen LogP contribution in [0.4, 0.5) is 0 Å². The molecule has 0 radical (unpaired) electrons. The highest BCUT2D eigenvalue weighted by Gasteiger charge is 2.23. The van der Waals surface area contributed by atoms with Gasteiger partial charge in [-0.05, 0) is 13.0 Å². The van der Waals surface area contributed by atoms with Crippen LogP contribution in [-0.4, -0.2) is 37.5 Å². The van der Waals surface area contributed by atoms with Gasteiger partial charge in [0, 0.05) is 25.0 Å². The summed E-state index contributed by atoms with van der Waals surface area (Å²) in [7, 11) is -3.51. The van der Waals surface area contributed by atoms with Gasteiger partial charge in [-0.2, -0.15) is 0 Å². The number of sulfonamides is 1. The molecule has 0 unspecified atom stereocenters. The summed E-state index contributed by atoms with van der Waals surface area (Å²) >= 11 is 0. The maximum Gasteiger partial charge on any atom is 0.259 e. The molecule has 0 saturated carbocycles. The summed E-state index contributed by atoms with van der Waals surface area (Å²) < 4.78 is 26.1. The first-order valence-electron chi connectivity index (χ1n) is 4.67. The number of nitrogens with one attached hydrogen (secondary N) is 2. The highest BCUT2D eigenvalue weighted by molar-refractivity contribution is 7.89. The highest BCUT2D eigenvalue weighted by atomic mass is 32.2. The van der Waals surface area contributed by atoms with Crippen molar-refractivity contribution < 1.29 is 8.42 Å². The van der Waals surface area contributed by atoms with E-state index in [1.165, 1.54) is 18.6 Å². The van der Waals surface area contributed by atoms with Gasteiger partial charge in [0.15, 0.2) is 5.03 Å². The van der Waals surface area contributed by atoms with E-state index in [4.69, 9.17) is 0 Å². The molecule has 2 heterocycles. The standard InChI is InChI=1S/C8H12N4O2S/c13-15(14,8-6-10-3-4-11-8)12-7-1-2-9-5-7/h3-4,6-7,9,12H,1-2,5H2/t7-/m0/s1. The van der Waals surface area contributed by atoms with Crippen molar-refractivity contribution in [3.63, 3.8) is 0 Å². The van der Waals surface area contributed by atoms with Gasteiger partial charge in [-0.25, -0.2) is 18.1 Å². The van der Waals surface area contributed by atoms with E-state index < -0.39 is 10.0 Å². The van der Waals surface area contributed by atoms with E-state index in [0.29, 0.717) is 6.54 Å². The largest absolute Gasteiger partial charge is 0.315 e. The predicted octanol–water partition coefficient (Wildman–Crippen LogP) is -0.883. The number of rotatable bonds is 3. The lowest BCUT2D eigenvalue weighted by atomic mass is 10.3. The van der Waals surface area contributed by atoms with Crippen molar-refractivity contribution in [3.8, 4) is 0 Å². The highest BCUT2D eigenvalue weighted by Crippen LogP contribution is 2.06. The average molecular weight is 228 g/mol. The summed E-state index contributed by atoms with van der Waals surface area (Å²) in [6, 6.07) is -0.0444. The summed E-state index contributed by atoms with van der Waals surface area (Å²) in [6.45, 7) is 1.51. The zero-order valence-electron chi connectivity index (χ0n) is 8.05. The van der Waals surface area contributed by atoms with Crippen molar-refractivity contribution >= 4 is 10.0 Å². The molecule has 1 aliphatic rings. The molecule has 2 N–H and O–H groups in total. The Kier molecular flexibility index (Phi) is 2.94. The van der Waals surface area contributed by atoms with Crippen molar-refractivity contribution in [2.75, 3.05) is 13.1 Å². The fraction of sp³-hybridized carbons (Fsp3) is 0.500. The molecule has 1 aromatic heterocycles. The van der Waals surface area contributed by atoms with Gasteiger partial charge in [0.2, 0.25) is 0 Å². The first kappa shape index (κ1) is 10.5. The lowest BCUT2D eigenvalue weighted by molar-refractivity contribution is 0.556. The molecule has 0 spiro atoms. The van der Waals surface area contributed by atoms with Crippen molar-refractivity contribution in [1.82, 2.24) is 20.0 Å². The smallest absolute Gasteiger partial charge is 0.259 e. The zero-order valence-corrected chi connectivity index (χ0v) is 8.87. The third-order valence-corrected chi connectivity index (χ3v) is 3.60. The van der Waals surface area contributed by atoms with Crippen molar-refractivity contribution in [1.29, 1.82) is 0 Å². The van der Waals surface area contributed by atoms with Gasteiger partial charge in [0.05, 0.1) is 6.20 Å². The Morgan fingerprint density at radius 3 is 2.93 bits per heavy atom. The van der Waals surface area contributed by atoms with Crippen LogP contribution in [0.1, 0.15) is 6.42 Å². The molecular formula is C8H12N4O2S. The Morgan fingerprint density at radius 1 is 1.47 bits per heavy atom. The molecule has 0 bridgehead atoms. The molecule has 7 heteroatoms. The minimum absolute atomic E-state index is 0.0306. The van der Waals surface area contributed by atoms with E-state index in [1.807, 2.05) is 0 Å². The number of hydrogen-bond acceptors (Lipinski definition) is 5. The monoisotopic (exact) mass is 228 g/mol. The predicted molar refractivity (Wildman–Crippen MR) is 53.6 cm³/mol. The minimum Gasteiger partial charge on any atom is -0.315 e. The van der Waals surface area contributed by atoms with E-state index in [2.05, 4.69) is 20.0 Å². The molecule has 0 aliphatic carbocycles. The van der Waals surface area contributed by atoms with E-state index in [1.54, 1.807) is 0 Å². The number of hydrogen-bond donors (Lipinski definition) is 2. The topological polar surface area (TPSA) is 84.0 Å². The average Bonchev–Trinajstić information content (AvgIpc) is 2.71. The molecule has 2 rings (SSSR count). The molecule has 1 fully saturated rings. The van der Waals surface area contributed by atoms with Crippen molar-refractivity contribution in [2.24, 2.45) is 0 Å². The van der Waals surface area contributed by atoms with Crippen LogP contribution in [0.5, 0.6) is 0 Å². The third-order valence-electron chi connectivity index (χ3n) is 2.20. The lowest BCUT2D eigenvalue weighted by Gasteiger charge is -2.10. The zero-order chi connectivity index (χ0) is 10.7. The van der Waals surface area contributed by atoms with Gasteiger partial charge in [0.1, 0.15) is 0 Å². The van der Waals surface area contributed by atoms with Gasteiger partial charge in [-0.3, -0.25) is 4.98 Å². The molecule has 1 atom stereocenters. The maximum atomic E-state index is 11.7. The molecule has 1 aliphatic heterocycles. The molecule has 0 aromatic carbocycles. The Morgan fingerprint density at radius 2 is 2.33 bits per heavy atom. The van der Waals surface area contributed by atoms with E-state index in [-0.39, 0.29) is 11.1 Å². The van der Waals surface area contributed by atoms with Crippen molar-refractivity contribution in [2.45, 2.75) is 17.5 Å². The van der Waals surface area contributed by atoms with Crippen LogP contribution >= 0.6 is 0 Å². The molecule has 0 amide bonds. The van der Waals surface area contributed by atoms with Gasteiger partial charge in [-0.1, -0.05) is 0 Å². The van der Waals surface area contributed by atoms with E-state index in [9.17, 15) is 8.42 Å². The molecular weight excluding hydrogens is 216 g/mol. The Labute approximate surface area is 88.2 Å². The maximum absolute atomic E-state index is 11.7. The van der Waals surface area contributed by atoms with Crippen LogP contribution in [0.15, 0.2) is 23.6 Å². The quantitative estimate of drug-likeness (QED) is 0.701. The van der Waals surface area contributed by atoms with Gasteiger partial charge in [-0.15, -0.1) is 0 Å². The van der Waals surface area contributed by atoms with E-state index >= 15 is 0 Å². The Balaban J connectivity index is 2.13. The molecule has 6 nitrogen and oxygen atoms in total. The second-order valence-corrected chi connectivity index (χ2v) is 5.02. The summed E-state index contributed by atoms with van der Waals surface area (Å²) in [5, 5.41) is 3.05. The SMILES string of the molecule is O=S(=O)(N[C@H]1CCNC1)c1cnccn1. The molecule has 1 aromatic rings. The molecule has 1 saturated heterocycles.